The van der Waals surface area contributed by atoms with Crippen molar-refractivity contribution in [2.45, 2.75) is 31.8 Å². The summed E-state index contributed by atoms with van der Waals surface area (Å²) < 4.78 is 5.50. The molecule has 0 unspecified atom stereocenters. The summed E-state index contributed by atoms with van der Waals surface area (Å²) in [4.78, 5) is 31.7. The Balaban J connectivity index is 1.49. The number of piperidine rings is 1. The molecule has 0 bridgehead atoms. The Kier molecular flexibility index (Phi) is 4.52. The van der Waals surface area contributed by atoms with Crippen LogP contribution in [0, 0.1) is 0 Å². The van der Waals surface area contributed by atoms with Gasteiger partial charge in [0.05, 0.1) is 6.42 Å². The maximum atomic E-state index is 12.2. The number of hydrogen-bond acceptors (Lipinski definition) is 4. The fourth-order valence-electron chi connectivity index (χ4n) is 3.11. The summed E-state index contributed by atoms with van der Waals surface area (Å²) in [5, 5.41) is 1.44. The van der Waals surface area contributed by atoms with Crippen LogP contribution in [0.3, 0.4) is 0 Å². The van der Waals surface area contributed by atoms with Crippen LogP contribution in [0.2, 0.25) is 0 Å². The van der Waals surface area contributed by atoms with Crippen LogP contribution in [0.1, 0.15) is 26.2 Å². The molecule has 1 aromatic carbocycles. The second-order valence-corrected chi connectivity index (χ2v) is 6.02. The van der Waals surface area contributed by atoms with Gasteiger partial charge in [0, 0.05) is 19.6 Å². The first-order valence-corrected chi connectivity index (χ1v) is 8.07. The Hall–Kier alpha value is -2.08. The fourth-order valence-corrected chi connectivity index (χ4v) is 3.11. The number of nitrogens with zero attached hydrogens (tertiary/aromatic N) is 2. The average molecular weight is 318 g/mol. The highest BCUT2D eigenvalue weighted by Crippen LogP contribution is 2.36. The van der Waals surface area contributed by atoms with E-state index in [0.717, 1.165) is 0 Å². The molecule has 6 nitrogen and oxygen atoms in total. The van der Waals surface area contributed by atoms with Gasteiger partial charge in [-0.25, -0.2) is 5.06 Å². The molecule has 2 saturated heterocycles. The van der Waals surface area contributed by atoms with Crippen molar-refractivity contribution in [2.24, 2.45) is 0 Å². The number of rotatable bonds is 4. The standard InChI is InChI=1S/C17H22N2O4/c1-2-19-15(20)12-17(23-19)8-10-18(11-9-17)16(21)13-22-14-6-4-3-5-7-14/h3-7H,2,8-13H2,1H3. The summed E-state index contributed by atoms with van der Waals surface area (Å²) in [6.45, 7) is 3.70. The maximum Gasteiger partial charge on any atom is 0.260 e. The first-order valence-electron chi connectivity index (χ1n) is 8.07. The highest BCUT2D eigenvalue weighted by Gasteiger charge is 2.46. The number of benzene rings is 1. The monoisotopic (exact) mass is 318 g/mol. The predicted octanol–water partition coefficient (Wildman–Crippen LogP) is 1.61. The van der Waals surface area contributed by atoms with E-state index in [1.54, 1.807) is 4.90 Å². The van der Waals surface area contributed by atoms with Crippen molar-refractivity contribution in [1.29, 1.82) is 0 Å². The molecule has 2 heterocycles. The third-order valence-corrected chi connectivity index (χ3v) is 4.48. The number of amides is 2. The average Bonchev–Trinajstić information content (AvgIpc) is 2.89. The zero-order valence-corrected chi connectivity index (χ0v) is 13.4. The van der Waals surface area contributed by atoms with Gasteiger partial charge in [0.2, 0.25) is 5.91 Å². The van der Waals surface area contributed by atoms with Gasteiger partial charge in [-0.2, -0.15) is 0 Å². The van der Waals surface area contributed by atoms with E-state index in [9.17, 15) is 9.59 Å². The molecule has 2 aliphatic heterocycles. The molecular formula is C17H22N2O4. The summed E-state index contributed by atoms with van der Waals surface area (Å²) in [6.07, 6.45) is 1.79. The third kappa shape index (κ3) is 3.47. The number of likely N-dealkylation sites (tertiary alicyclic amines) is 1. The zero-order chi connectivity index (χ0) is 16.3. The predicted molar refractivity (Wildman–Crippen MR) is 83.6 cm³/mol. The van der Waals surface area contributed by atoms with Gasteiger partial charge in [0.25, 0.3) is 5.91 Å². The Labute approximate surface area is 135 Å². The van der Waals surface area contributed by atoms with Crippen molar-refractivity contribution < 1.29 is 19.2 Å². The van der Waals surface area contributed by atoms with Crippen molar-refractivity contribution in [2.75, 3.05) is 26.2 Å². The van der Waals surface area contributed by atoms with Crippen molar-refractivity contribution in [3.05, 3.63) is 30.3 Å². The van der Waals surface area contributed by atoms with Gasteiger partial charge in [-0.15, -0.1) is 0 Å². The summed E-state index contributed by atoms with van der Waals surface area (Å²) in [5.74, 6) is 0.706. The van der Waals surface area contributed by atoms with Crippen LogP contribution in [-0.4, -0.2) is 53.6 Å². The van der Waals surface area contributed by atoms with Crippen LogP contribution in [0.4, 0.5) is 0 Å². The molecule has 2 fully saturated rings. The lowest BCUT2D eigenvalue weighted by Gasteiger charge is -2.37. The van der Waals surface area contributed by atoms with E-state index < -0.39 is 5.60 Å². The second kappa shape index (κ2) is 6.58. The summed E-state index contributed by atoms with van der Waals surface area (Å²) in [6, 6.07) is 9.31. The SMILES string of the molecule is CCN1OC2(CCN(C(=O)COc3ccccc3)CC2)CC1=O. The third-order valence-electron chi connectivity index (χ3n) is 4.48. The van der Waals surface area contributed by atoms with Gasteiger partial charge in [0.15, 0.2) is 6.61 Å². The molecule has 0 aliphatic carbocycles. The second-order valence-electron chi connectivity index (χ2n) is 6.02. The van der Waals surface area contributed by atoms with Gasteiger partial charge in [-0.05, 0) is 31.9 Å². The van der Waals surface area contributed by atoms with Gasteiger partial charge in [-0.3, -0.25) is 14.4 Å². The van der Waals surface area contributed by atoms with Crippen LogP contribution in [0.25, 0.3) is 0 Å². The van der Waals surface area contributed by atoms with E-state index in [4.69, 9.17) is 9.57 Å². The lowest BCUT2D eigenvalue weighted by molar-refractivity contribution is -0.208. The normalized spacial score (nSPS) is 20.1. The smallest absolute Gasteiger partial charge is 0.260 e. The number of para-hydroxylation sites is 1. The molecule has 1 spiro atoms. The van der Waals surface area contributed by atoms with E-state index in [-0.39, 0.29) is 18.4 Å². The summed E-state index contributed by atoms with van der Waals surface area (Å²) >= 11 is 0. The molecular weight excluding hydrogens is 296 g/mol. The Morgan fingerprint density at radius 3 is 2.57 bits per heavy atom. The van der Waals surface area contributed by atoms with Gasteiger partial charge in [0.1, 0.15) is 11.4 Å². The minimum Gasteiger partial charge on any atom is -0.484 e. The quantitative estimate of drug-likeness (QED) is 0.846. The topological polar surface area (TPSA) is 59.1 Å². The van der Waals surface area contributed by atoms with Gasteiger partial charge >= 0.3 is 0 Å². The van der Waals surface area contributed by atoms with Crippen LogP contribution < -0.4 is 4.74 Å². The van der Waals surface area contributed by atoms with Crippen molar-refractivity contribution in [3.63, 3.8) is 0 Å². The van der Waals surface area contributed by atoms with E-state index >= 15 is 0 Å². The van der Waals surface area contributed by atoms with E-state index in [1.165, 1.54) is 5.06 Å². The number of carbonyl (C=O) groups excluding carboxylic acids is 2. The Morgan fingerprint density at radius 2 is 1.96 bits per heavy atom. The molecule has 3 rings (SSSR count). The van der Waals surface area contributed by atoms with Crippen molar-refractivity contribution in [1.82, 2.24) is 9.96 Å². The van der Waals surface area contributed by atoms with Crippen LogP contribution in [0.15, 0.2) is 30.3 Å². The molecule has 0 N–H and O–H groups in total. The molecule has 0 saturated carbocycles. The van der Waals surface area contributed by atoms with E-state index in [0.29, 0.717) is 44.6 Å². The zero-order valence-electron chi connectivity index (χ0n) is 13.4. The molecule has 2 amide bonds. The maximum absolute atomic E-state index is 12.2. The summed E-state index contributed by atoms with van der Waals surface area (Å²) in [7, 11) is 0. The highest BCUT2D eigenvalue weighted by molar-refractivity contribution is 5.79. The fraction of sp³-hybridized carbons (Fsp3) is 0.529. The molecule has 0 radical (unpaired) electrons. The molecule has 0 atom stereocenters. The molecule has 1 aromatic rings. The summed E-state index contributed by atoms with van der Waals surface area (Å²) in [5.41, 5.74) is -0.413. The van der Waals surface area contributed by atoms with Crippen LogP contribution in [0.5, 0.6) is 5.75 Å². The Morgan fingerprint density at radius 1 is 1.26 bits per heavy atom. The lowest BCUT2D eigenvalue weighted by Crippen LogP contribution is -2.48. The van der Waals surface area contributed by atoms with Crippen LogP contribution in [-0.2, 0) is 14.4 Å². The Bertz CT molecular complexity index is 567. The van der Waals surface area contributed by atoms with Crippen molar-refractivity contribution >= 4 is 11.8 Å². The first-order chi connectivity index (χ1) is 11.1. The molecule has 0 aromatic heterocycles. The first kappa shape index (κ1) is 15.8. The van der Waals surface area contributed by atoms with Crippen LogP contribution >= 0.6 is 0 Å². The number of hydroxylamine groups is 2. The highest BCUT2D eigenvalue weighted by atomic mass is 16.7. The number of hydrogen-bond donors (Lipinski definition) is 0. The van der Waals surface area contributed by atoms with Crippen molar-refractivity contribution in [3.8, 4) is 5.75 Å². The van der Waals surface area contributed by atoms with E-state index in [2.05, 4.69) is 0 Å². The molecule has 2 aliphatic rings. The van der Waals surface area contributed by atoms with E-state index in [1.807, 2.05) is 37.3 Å². The lowest BCUT2D eigenvalue weighted by atomic mass is 9.88. The number of carbonyl (C=O) groups is 2. The van der Waals surface area contributed by atoms with Gasteiger partial charge < -0.3 is 9.64 Å². The molecule has 6 heteroatoms. The molecule has 124 valence electrons. The minimum absolute atomic E-state index is 0.0274. The molecule has 23 heavy (non-hydrogen) atoms. The van der Waals surface area contributed by atoms with Gasteiger partial charge in [-0.1, -0.05) is 18.2 Å². The number of ether oxygens (including phenoxy) is 1. The minimum atomic E-state index is -0.413. The largest absolute Gasteiger partial charge is 0.484 e.